The number of nitrogens with zero attached hydrogens (tertiary/aromatic N) is 4. The number of aryl methyl sites for hydroxylation is 2. The Morgan fingerprint density at radius 2 is 1.95 bits per heavy atom. The van der Waals surface area contributed by atoms with Crippen LogP contribution < -0.4 is 4.90 Å². The standard InChI is InChI=1S/C26H34N4O4S3/c1-19-8-9-20(2)24-23(19)27-26(36-24)30(12-5-10-28-13-15-34-16-14-28)25(31)21-6-3-11-29(18-21)37(32,33)22-7-4-17-35-22/h4,7-9,17,21H,3,5-6,10-16,18H2,1-2H3. The molecule has 0 bridgehead atoms. The molecule has 0 radical (unpaired) electrons. The predicted molar refractivity (Wildman–Crippen MR) is 149 cm³/mol. The molecule has 4 heterocycles. The molecule has 0 saturated carbocycles. The summed E-state index contributed by atoms with van der Waals surface area (Å²) in [5, 5.41) is 2.48. The highest BCUT2D eigenvalue weighted by Gasteiger charge is 2.36. The van der Waals surface area contributed by atoms with Gasteiger partial charge in [-0.3, -0.25) is 14.6 Å². The molecule has 2 aliphatic heterocycles. The van der Waals surface area contributed by atoms with Crippen molar-refractivity contribution in [3.05, 3.63) is 40.8 Å². The lowest BCUT2D eigenvalue weighted by atomic mass is 9.98. The van der Waals surface area contributed by atoms with E-state index in [1.807, 2.05) is 11.8 Å². The number of thiophene rings is 1. The Balaban J connectivity index is 1.38. The summed E-state index contributed by atoms with van der Waals surface area (Å²) in [6.07, 6.45) is 2.17. The maximum Gasteiger partial charge on any atom is 0.252 e. The van der Waals surface area contributed by atoms with Crippen LogP contribution in [0.1, 0.15) is 30.4 Å². The van der Waals surface area contributed by atoms with Crippen LogP contribution in [0.2, 0.25) is 0 Å². The minimum absolute atomic E-state index is 0.0255. The fourth-order valence-corrected chi connectivity index (χ4v) is 8.87. The lowest BCUT2D eigenvalue weighted by Gasteiger charge is -2.34. The Labute approximate surface area is 226 Å². The van der Waals surface area contributed by atoms with Gasteiger partial charge in [-0.1, -0.05) is 29.5 Å². The SMILES string of the molecule is Cc1ccc(C)c2sc(N(CCCN3CCOCC3)C(=O)C3CCCN(S(=O)(=O)c4cccs4)C3)nc12. The van der Waals surface area contributed by atoms with Gasteiger partial charge in [0.1, 0.15) is 4.21 Å². The number of benzene rings is 1. The smallest absolute Gasteiger partial charge is 0.252 e. The van der Waals surface area contributed by atoms with Gasteiger partial charge in [0.05, 0.1) is 29.3 Å². The molecule has 3 aromatic rings. The van der Waals surface area contributed by atoms with E-state index in [2.05, 4.69) is 24.0 Å². The Hall–Kier alpha value is -1.89. The molecule has 2 aliphatic rings. The van der Waals surface area contributed by atoms with E-state index in [1.54, 1.807) is 28.8 Å². The van der Waals surface area contributed by atoms with Crippen molar-refractivity contribution >= 4 is 54.0 Å². The van der Waals surface area contributed by atoms with Crippen molar-refractivity contribution in [3.63, 3.8) is 0 Å². The molecule has 1 unspecified atom stereocenters. The van der Waals surface area contributed by atoms with Crippen molar-refractivity contribution in [2.75, 3.05) is 57.4 Å². The zero-order chi connectivity index (χ0) is 26.0. The number of morpholine rings is 1. The number of sulfonamides is 1. The van der Waals surface area contributed by atoms with Gasteiger partial charge in [0.25, 0.3) is 10.0 Å². The summed E-state index contributed by atoms with van der Waals surface area (Å²) in [5.41, 5.74) is 3.18. The molecule has 2 saturated heterocycles. The van der Waals surface area contributed by atoms with Crippen molar-refractivity contribution in [2.24, 2.45) is 5.92 Å². The van der Waals surface area contributed by atoms with Crippen molar-refractivity contribution in [2.45, 2.75) is 37.3 Å². The van der Waals surface area contributed by atoms with Gasteiger partial charge < -0.3 is 4.74 Å². The highest BCUT2D eigenvalue weighted by molar-refractivity contribution is 7.91. The average molecular weight is 563 g/mol. The molecular formula is C26H34N4O4S3. The number of piperidine rings is 1. The molecule has 8 nitrogen and oxygen atoms in total. The number of carbonyl (C=O) groups is 1. The van der Waals surface area contributed by atoms with Gasteiger partial charge in [-0.25, -0.2) is 13.4 Å². The second-order valence-corrected chi connectivity index (χ2v) is 13.9. The van der Waals surface area contributed by atoms with Crippen LogP contribution in [-0.2, 0) is 19.6 Å². The van der Waals surface area contributed by atoms with Crippen LogP contribution in [0.4, 0.5) is 5.13 Å². The number of aromatic nitrogens is 1. The van der Waals surface area contributed by atoms with Gasteiger partial charge in [-0.2, -0.15) is 4.31 Å². The molecule has 200 valence electrons. The Bertz CT molecular complexity index is 1290. The van der Waals surface area contributed by atoms with Crippen molar-refractivity contribution in [1.82, 2.24) is 14.2 Å². The number of hydrogen-bond acceptors (Lipinski definition) is 8. The van der Waals surface area contributed by atoms with Crippen LogP contribution in [0.25, 0.3) is 10.2 Å². The van der Waals surface area contributed by atoms with Crippen molar-refractivity contribution < 1.29 is 17.9 Å². The fourth-order valence-electron chi connectivity index (χ4n) is 5.06. The Kier molecular flexibility index (Phi) is 8.28. The third kappa shape index (κ3) is 5.76. The molecule has 5 rings (SSSR count). The van der Waals surface area contributed by atoms with Crippen LogP contribution in [-0.4, -0.2) is 81.0 Å². The molecule has 0 N–H and O–H groups in total. The zero-order valence-corrected chi connectivity index (χ0v) is 23.8. The van der Waals surface area contributed by atoms with Crippen molar-refractivity contribution in [1.29, 1.82) is 0 Å². The van der Waals surface area contributed by atoms with E-state index < -0.39 is 10.0 Å². The summed E-state index contributed by atoms with van der Waals surface area (Å²) in [7, 11) is -3.59. The minimum atomic E-state index is -3.59. The summed E-state index contributed by atoms with van der Waals surface area (Å²) >= 11 is 2.78. The number of anilines is 1. The molecule has 1 aromatic carbocycles. The highest BCUT2D eigenvalue weighted by Crippen LogP contribution is 2.35. The van der Waals surface area contributed by atoms with Crippen LogP contribution in [0.5, 0.6) is 0 Å². The molecular weight excluding hydrogens is 529 g/mol. The first-order valence-electron chi connectivity index (χ1n) is 12.9. The van der Waals surface area contributed by atoms with Gasteiger partial charge in [0.2, 0.25) is 5.91 Å². The largest absolute Gasteiger partial charge is 0.379 e. The van der Waals surface area contributed by atoms with E-state index in [4.69, 9.17) is 9.72 Å². The number of fused-ring (bicyclic) bond motifs is 1. The predicted octanol–water partition coefficient (Wildman–Crippen LogP) is 4.13. The molecule has 1 atom stereocenters. The minimum Gasteiger partial charge on any atom is -0.379 e. The molecule has 2 fully saturated rings. The monoisotopic (exact) mass is 562 g/mol. The van der Waals surface area contributed by atoms with Crippen LogP contribution >= 0.6 is 22.7 Å². The summed E-state index contributed by atoms with van der Waals surface area (Å²) in [5.74, 6) is -0.413. The van der Waals surface area contributed by atoms with Gasteiger partial charge in [-0.05, 0) is 55.7 Å². The number of hydrogen-bond donors (Lipinski definition) is 0. The topological polar surface area (TPSA) is 83.0 Å². The van der Waals surface area contributed by atoms with Crippen LogP contribution in [0.3, 0.4) is 0 Å². The summed E-state index contributed by atoms with van der Waals surface area (Å²) < 4.78 is 34.8. The first-order valence-corrected chi connectivity index (χ1v) is 16.0. The maximum atomic E-state index is 14.0. The zero-order valence-electron chi connectivity index (χ0n) is 21.4. The third-order valence-electron chi connectivity index (χ3n) is 7.21. The number of thiazole rings is 1. The van der Waals surface area contributed by atoms with E-state index in [-0.39, 0.29) is 18.4 Å². The number of rotatable bonds is 8. The first kappa shape index (κ1) is 26.7. The van der Waals surface area contributed by atoms with Gasteiger partial charge >= 0.3 is 0 Å². The Morgan fingerprint density at radius 1 is 1.16 bits per heavy atom. The van der Waals surface area contributed by atoms with Gasteiger partial charge in [0.15, 0.2) is 5.13 Å². The highest BCUT2D eigenvalue weighted by atomic mass is 32.2. The Morgan fingerprint density at radius 3 is 2.68 bits per heavy atom. The average Bonchev–Trinajstić information content (AvgIpc) is 3.61. The third-order valence-corrected chi connectivity index (χ3v) is 11.7. The normalized spacial score (nSPS) is 19.9. The second-order valence-electron chi connectivity index (χ2n) is 9.81. The number of carbonyl (C=O) groups excluding carboxylic acids is 1. The lowest BCUT2D eigenvalue weighted by molar-refractivity contribution is -0.123. The molecule has 37 heavy (non-hydrogen) atoms. The molecule has 2 aromatic heterocycles. The molecule has 11 heteroatoms. The summed E-state index contributed by atoms with van der Waals surface area (Å²) in [4.78, 5) is 23.1. The van der Waals surface area contributed by atoms with E-state index in [9.17, 15) is 13.2 Å². The van der Waals surface area contributed by atoms with E-state index in [0.717, 1.165) is 60.6 Å². The molecule has 0 aliphatic carbocycles. The van der Waals surface area contributed by atoms with E-state index >= 15 is 0 Å². The van der Waals surface area contributed by atoms with Gasteiger partial charge in [0, 0.05) is 39.3 Å². The maximum absolute atomic E-state index is 14.0. The summed E-state index contributed by atoms with van der Waals surface area (Å²) in [6, 6.07) is 7.55. The van der Waals surface area contributed by atoms with Gasteiger partial charge in [-0.15, -0.1) is 11.3 Å². The van der Waals surface area contributed by atoms with Crippen LogP contribution in [0, 0.1) is 19.8 Å². The quantitative estimate of drug-likeness (QED) is 0.411. The van der Waals surface area contributed by atoms with E-state index in [1.165, 1.54) is 15.6 Å². The number of ether oxygens (including phenoxy) is 1. The molecule has 0 spiro atoms. The van der Waals surface area contributed by atoms with E-state index in [0.29, 0.717) is 35.3 Å². The van der Waals surface area contributed by atoms with Crippen LogP contribution in [0.15, 0.2) is 33.9 Å². The second kappa shape index (κ2) is 11.5. The number of amides is 1. The van der Waals surface area contributed by atoms with Crippen molar-refractivity contribution in [3.8, 4) is 0 Å². The summed E-state index contributed by atoms with van der Waals surface area (Å²) in [6.45, 7) is 9.53. The lowest BCUT2D eigenvalue weighted by Crippen LogP contribution is -2.47. The molecule has 1 amide bonds. The first-order chi connectivity index (χ1) is 17.8. The fraction of sp³-hybridized carbons (Fsp3) is 0.538.